The maximum absolute atomic E-state index is 13.0. The summed E-state index contributed by atoms with van der Waals surface area (Å²) in [4.78, 5) is 25.4. The Balaban J connectivity index is 1.75. The predicted octanol–water partition coefficient (Wildman–Crippen LogP) is 1.55. The first-order valence-corrected chi connectivity index (χ1v) is 7.44. The molecule has 0 spiro atoms. The van der Waals surface area contributed by atoms with E-state index in [2.05, 4.69) is 10.2 Å². The standard InChI is InChI=1S/C16H17FN4O2/c17-12-5-3-10(4-6-12)13-8-14(20-19-13)16(23)21-7-1-2-11(9-21)15(18)22/h3-6,8,11H,1-2,7,9H2,(H2,18,22)(H,19,20)/t11-/m0/s1. The van der Waals surface area contributed by atoms with Gasteiger partial charge in [-0.05, 0) is 43.2 Å². The first-order chi connectivity index (χ1) is 11.0. The molecule has 0 radical (unpaired) electrons. The van der Waals surface area contributed by atoms with E-state index in [4.69, 9.17) is 5.73 Å². The summed E-state index contributed by atoms with van der Waals surface area (Å²) in [5.41, 5.74) is 6.96. The Morgan fingerprint density at radius 2 is 2.04 bits per heavy atom. The van der Waals surface area contributed by atoms with Crippen molar-refractivity contribution in [1.82, 2.24) is 15.1 Å². The summed E-state index contributed by atoms with van der Waals surface area (Å²) in [6, 6.07) is 7.51. The van der Waals surface area contributed by atoms with Crippen LogP contribution in [-0.2, 0) is 4.79 Å². The molecule has 2 amide bonds. The predicted molar refractivity (Wildman–Crippen MR) is 81.8 cm³/mol. The molecule has 1 aliphatic heterocycles. The number of carbonyl (C=O) groups excluding carboxylic acids is 2. The van der Waals surface area contributed by atoms with Crippen LogP contribution >= 0.6 is 0 Å². The molecule has 0 bridgehead atoms. The molecule has 23 heavy (non-hydrogen) atoms. The number of nitrogens with two attached hydrogens (primary N) is 1. The minimum atomic E-state index is -0.376. The number of aromatic amines is 1. The molecular weight excluding hydrogens is 299 g/mol. The number of piperidine rings is 1. The van der Waals surface area contributed by atoms with Gasteiger partial charge in [0.1, 0.15) is 11.5 Å². The molecule has 3 N–H and O–H groups in total. The van der Waals surface area contributed by atoms with Gasteiger partial charge >= 0.3 is 0 Å². The van der Waals surface area contributed by atoms with Crippen LogP contribution in [0.5, 0.6) is 0 Å². The number of carbonyl (C=O) groups is 2. The third kappa shape index (κ3) is 3.23. The Kier molecular flexibility index (Phi) is 4.10. The van der Waals surface area contributed by atoms with E-state index in [0.717, 1.165) is 12.0 Å². The van der Waals surface area contributed by atoms with Crippen LogP contribution in [0.4, 0.5) is 4.39 Å². The van der Waals surface area contributed by atoms with Gasteiger partial charge in [0.25, 0.3) is 5.91 Å². The quantitative estimate of drug-likeness (QED) is 0.900. The number of primary amides is 1. The van der Waals surface area contributed by atoms with Crippen molar-refractivity contribution in [1.29, 1.82) is 0 Å². The SMILES string of the molecule is NC(=O)[C@H]1CCCN(C(=O)c2cc(-c3ccc(F)cc3)n[nH]2)C1. The molecule has 1 atom stereocenters. The highest BCUT2D eigenvalue weighted by molar-refractivity contribution is 5.94. The molecule has 6 nitrogen and oxygen atoms in total. The van der Waals surface area contributed by atoms with Crippen LogP contribution in [0.25, 0.3) is 11.3 Å². The van der Waals surface area contributed by atoms with Crippen LogP contribution in [-0.4, -0.2) is 40.0 Å². The van der Waals surface area contributed by atoms with E-state index in [0.29, 0.717) is 30.9 Å². The molecule has 7 heteroatoms. The van der Waals surface area contributed by atoms with Gasteiger partial charge in [-0.1, -0.05) is 0 Å². The van der Waals surface area contributed by atoms with Gasteiger partial charge in [-0.3, -0.25) is 14.7 Å². The number of H-pyrrole nitrogens is 1. The van der Waals surface area contributed by atoms with E-state index >= 15 is 0 Å². The third-order valence-electron chi connectivity index (χ3n) is 4.06. The van der Waals surface area contributed by atoms with E-state index in [1.165, 1.54) is 12.1 Å². The zero-order valence-corrected chi connectivity index (χ0v) is 12.5. The van der Waals surface area contributed by atoms with E-state index in [1.54, 1.807) is 23.1 Å². The topological polar surface area (TPSA) is 92.1 Å². The molecule has 120 valence electrons. The first-order valence-electron chi connectivity index (χ1n) is 7.44. The number of halogens is 1. The Morgan fingerprint density at radius 3 is 2.74 bits per heavy atom. The second-order valence-corrected chi connectivity index (χ2v) is 5.67. The second kappa shape index (κ2) is 6.20. The van der Waals surface area contributed by atoms with Crippen LogP contribution in [0.2, 0.25) is 0 Å². The molecule has 1 saturated heterocycles. The Hall–Kier alpha value is -2.70. The van der Waals surface area contributed by atoms with Crippen LogP contribution in [0.3, 0.4) is 0 Å². The minimum Gasteiger partial charge on any atom is -0.369 e. The lowest BCUT2D eigenvalue weighted by molar-refractivity contribution is -0.123. The molecule has 1 aromatic heterocycles. The third-order valence-corrected chi connectivity index (χ3v) is 4.06. The molecule has 1 fully saturated rings. The highest BCUT2D eigenvalue weighted by Crippen LogP contribution is 2.21. The average molecular weight is 316 g/mol. The van der Waals surface area contributed by atoms with Crippen LogP contribution < -0.4 is 5.73 Å². The molecular formula is C16H17FN4O2. The number of amides is 2. The van der Waals surface area contributed by atoms with Gasteiger partial charge in [0, 0.05) is 18.7 Å². The highest BCUT2D eigenvalue weighted by Gasteiger charge is 2.28. The Labute approximate surface area is 132 Å². The summed E-state index contributed by atoms with van der Waals surface area (Å²) >= 11 is 0. The lowest BCUT2D eigenvalue weighted by atomic mass is 9.97. The molecule has 2 aromatic rings. The summed E-state index contributed by atoms with van der Waals surface area (Å²) in [5.74, 6) is -1.21. The summed E-state index contributed by atoms with van der Waals surface area (Å²) < 4.78 is 13.0. The van der Waals surface area contributed by atoms with Crippen molar-refractivity contribution in [3.8, 4) is 11.3 Å². The van der Waals surface area contributed by atoms with Crippen molar-refractivity contribution in [2.24, 2.45) is 11.7 Å². The van der Waals surface area contributed by atoms with Crippen molar-refractivity contribution in [3.63, 3.8) is 0 Å². The fourth-order valence-corrected chi connectivity index (χ4v) is 2.76. The second-order valence-electron chi connectivity index (χ2n) is 5.67. The maximum Gasteiger partial charge on any atom is 0.271 e. The average Bonchev–Trinajstić information content (AvgIpc) is 3.05. The summed E-state index contributed by atoms with van der Waals surface area (Å²) in [6.45, 7) is 0.923. The number of hydrogen-bond acceptors (Lipinski definition) is 3. The maximum atomic E-state index is 13.0. The number of aromatic nitrogens is 2. The molecule has 0 unspecified atom stereocenters. The van der Waals surface area contributed by atoms with E-state index in [9.17, 15) is 14.0 Å². The van der Waals surface area contributed by atoms with Crippen LogP contribution in [0, 0.1) is 11.7 Å². The fourth-order valence-electron chi connectivity index (χ4n) is 2.76. The Morgan fingerprint density at radius 1 is 1.30 bits per heavy atom. The van der Waals surface area contributed by atoms with E-state index in [-0.39, 0.29) is 23.5 Å². The zero-order valence-electron chi connectivity index (χ0n) is 12.5. The van der Waals surface area contributed by atoms with Crippen molar-refractivity contribution < 1.29 is 14.0 Å². The van der Waals surface area contributed by atoms with Crippen molar-refractivity contribution in [3.05, 3.63) is 41.8 Å². The number of benzene rings is 1. The van der Waals surface area contributed by atoms with Crippen molar-refractivity contribution in [2.45, 2.75) is 12.8 Å². The van der Waals surface area contributed by atoms with Gasteiger partial charge < -0.3 is 10.6 Å². The van der Waals surface area contributed by atoms with Gasteiger partial charge in [-0.15, -0.1) is 0 Å². The number of rotatable bonds is 3. The number of hydrogen-bond donors (Lipinski definition) is 2. The van der Waals surface area contributed by atoms with Gasteiger partial charge in [-0.25, -0.2) is 4.39 Å². The number of nitrogens with one attached hydrogen (secondary N) is 1. The molecule has 3 rings (SSSR count). The number of nitrogens with zero attached hydrogens (tertiary/aromatic N) is 2. The summed E-state index contributed by atoms with van der Waals surface area (Å²) in [7, 11) is 0. The summed E-state index contributed by atoms with van der Waals surface area (Å²) in [5, 5.41) is 6.81. The Bertz CT molecular complexity index is 726. The van der Waals surface area contributed by atoms with Crippen LogP contribution in [0.1, 0.15) is 23.3 Å². The van der Waals surface area contributed by atoms with E-state index < -0.39 is 0 Å². The minimum absolute atomic E-state index is 0.211. The molecule has 0 aliphatic carbocycles. The monoisotopic (exact) mass is 316 g/mol. The van der Waals surface area contributed by atoms with Crippen molar-refractivity contribution in [2.75, 3.05) is 13.1 Å². The van der Waals surface area contributed by atoms with Gasteiger partial charge in [-0.2, -0.15) is 5.10 Å². The first kappa shape index (κ1) is 15.2. The van der Waals surface area contributed by atoms with Gasteiger partial charge in [0.05, 0.1) is 11.6 Å². The lowest BCUT2D eigenvalue weighted by Crippen LogP contribution is -2.44. The molecule has 2 heterocycles. The largest absolute Gasteiger partial charge is 0.369 e. The molecule has 1 aliphatic rings. The normalized spacial score (nSPS) is 18.0. The fraction of sp³-hybridized carbons (Fsp3) is 0.312. The smallest absolute Gasteiger partial charge is 0.271 e. The van der Waals surface area contributed by atoms with Crippen LogP contribution in [0.15, 0.2) is 30.3 Å². The zero-order chi connectivity index (χ0) is 16.4. The van der Waals surface area contributed by atoms with Gasteiger partial charge in [0.2, 0.25) is 5.91 Å². The molecule has 1 aromatic carbocycles. The highest BCUT2D eigenvalue weighted by atomic mass is 19.1. The lowest BCUT2D eigenvalue weighted by Gasteiger charge is -2.30. The summed E-state index contributed by atoms with van der Waals surface area (Å²) in [6.07, 6.45) is 1.46. The van der Waals surface area contributed by atoms with Crippen molar-refractivity contribution >= 4 is 11.8 Å². The number of likely N-dealkylation sites (tertiary alicyclic amines) is 1. The van der Waals surface area contributed by atoms with Gasteiger partial charge in [0.15, 0.2) is 0 Å². The van der Waals surface area contributed by atoms with E-state index in [1.807, 2.05) is 0 Å². The molecule has 0 saturated carbocycles.